The van der Waals surface area contributed by atoms with Crippen LogP contribution in [0.25, 0.3) is 0 Å². The molecule has 1 N–H and O–H groups in total. The van der Waals surface area contributed by atoms with Crippen LogP contribution in [0.3, 0.4) is 0 Å². The quantitative estimate of drug-likeness (QED) is 0.766. The SMILES string of the molecule is CC([O])c1c(C(F)(F)F)n[nH]c1Cl. The van der Waals surface area contributed by atoms with Gasteiger partial charge in [0.25, 0.3) is 0 Å². The lowest BCUT2D eigenvalue weighted by Crippen LogP contribution is -2.10. The summed E-state index contributed by atoms with van der Waals surface area (Å²) in [5.74, 6) is 0. The molecule has 0 bridgehead atoms. The van der Waals surface area contributed by atoms with Gasteiger partial charge in [-0.2, -0.15) is 18.3 Å². The molecule has 1 unspecified atom stereocenters. The number of aromatic nitrogens is 2. The summed E-state index contributed by atoms with van der Waals surface area (Å²) in [5, 5.41) is 15.3. The van der Waals surface area contributed by atoms with Crippen LogP contribution < -0.4 is 0 Å². The number of halogens is 4. The predicted octanol–water partition coefficient (Wildman–Crippen LogP) is 2.57. The molecule has 1 heterocycles. The van der Waals surface area contributed by atoms with Crippen molar-refractivity contribution in [3.8, 4) is 0 Å². The molecule has 0 fully saturated rings. The second-order valence-corrected chi connectivity index (χ2v) is 2.82. The summed E-state index contributed by atoms with van der Waals surface area (Å²) in [6, 6.07) is 0. The number of nitrogens with one attached hydrogen (secondary N) is 1. The van der Waals surface area contributed by atoms with Crippen LogP contribution in [0.1, 0.15) is 24.3 Å². The van der Waals surface area contributed by atoms with Crippen LogP contribution in [0, 0.1) is 0 Å². The molecule has 1 aromatic rings. The Hall–Kier alpha value is -0.750. The first-order valence-electron chi connectivity index (χ1n) is 3.30. The first-order chi connectivity index (χ1) is 5.84. The Kier molecular flexibility index (Phi) is 2.53. The highest BCUT2D eigenvalue weighted by molar-refractivity contribution is 6.30. The van der Waals surface area contributed by atoms with Gasteiger partial charge in [-0.25, -0.2) is 5.11 Å². The molecule has 7 heteroatoms. The molecule has 0 amide bonds. The lowest BCUT2D eigenvalue weighted by molar-refractivity contribution is -0.143. The van der Waals surface area contributed by atoms with Crippen LogP contribution >= 0.6 is 11.6 Å². The molecule has 0 aliphatic carbocycles. The molecule has 1 atom stereocenters. The van der Waals surface area contributed by atoms with Crippen LogP contribution in [0.4, 0.5) is 13.2 Å². The van der Waals surface area contributed by atoms with Crippen molar-refractivity contribution < 1.29 is 18.3 Å². The summed E-state index contributed by atoms with van der Waals surface area (Å²) in [4.78, 5) is 0. The van der Waals surface area contributed by atoms with E-state index in [1.54, 1.807) is 0 Å². The molecule has 0 saturated heterocycles. The van der Waals surface area contributed by atoms with E-state index in [1.165, 1.54) is 0 Å². The third kappa shape index (κ3) is 1.94. The summed E-state index contributed by atoms with van der Waals surface area (Å²) < 4.78 is 36.4. The minimum absolute atomic E-state index is 0.352. The molecule has 0 aromatic carbocycles. The number of hydrogen-bond acceptors (Lipinski definition) is 1. The van der Waals surface area contributed by atoms with Gasteiger partial charge in [0.15, 0.2) is 5.69 Å². The van der Waals surface area contributed by atoms with Gasteiger partial charge in [0.2, 0.25) is 0 Å². The van der Waals surface area contributed by atoms with Crippen molar-refractivity contribution in [2.24, 2.45) is 0 Å². The normalized spacial score (nSPS) is 14.6. The van der Waals surface area contributed by atoms with E-state index in [9.17, 15) is 18.3 Å². The van der Waals surface area contributed by atoms with Crippen molar-refractivity contribution in [1.29, 1.82) is 0 Å². The van der Waals surface area contributed by atoms with E-state index in [0.717, 1.165) is 6.92 Å². The lowest BCUT2D eigenvalue weighted by atomic mass is 10.1. The highest BCUT2D eigenvalue weighted by atomic mass is 35.5. The molecule has 13 heavy (non-hydrogen) atoms. The minimum Gasteiger partial charge on any atom is -0.266 e. The van der Waals surface area contributed by atoms with Crippen molar-refractivity contribution in [3.63, 3.8) is 0 Å². The summed E-state index contributed by atoms with van der Waals surface area (Å²) in [5.41, 5.74) is -1.77. The predicted molar refractivity (Wildman–Crippen MR) is 37.7 cm³/mol. The highest BCUT2D eigenvalue weighted by Crippen LogP contribution is 2.36. The molecule has 1 rings (SSSR count). The maximum Gasteiger partial charge on any atom is 0.435 e. The fraction of sp³-hybridized carbons (Fsp3) is 0.500. The monoisotopic (exact) mass is 213 g/mol. The smallest absolute Gasteiger partial charge is 0.266 e. The van der Waals surface area contributed by atoms with Gasteiger partial charge < -0.3 is 0 Å². The Morgan fingerprint density at radius 1 is 1.54 bits per heavy atom. The van der Waals surface area contributed by atoms with E-state index in [4.69, 9.17) is 11.6 Å². The molecule has 0 aliphatic heterocycles. The van der Waals surface area contributed by atoms with Crippen LogP contribution in [-0.2, 0) is 11.3 Å². The first kappa shape index (κ1) is 10.3. The van der Waals surface area contributed by atoms with Gasteiger partial charge in [-0.15, -0.1) is 0 Å². The fourth-order valence-electron chi connectivity index (χ4n) is 0.916. The third-order valence-corrected chi connectivity index (χ3v) is 1.72. The molecule has 0 spiro atoms. The van der Waals surface area contributed by atoms with Crippen molar-refractivity contribution in [3.05, 3.63) is 16.4 Å². The lowest BCUT2D eigenvalue weighted by Gasteiger charge is -2.06. The van der Waals surface area contributed by atoms with E-state index in [1.807, 2.05) is 5.10 Å². The second-order valence-electron chi connectivity index (χ2n) is 2.44. The van der Waals surface area contributed by atoms with Crippen molar-refractivity contribution in [1.82, 2.24) is 10.2 Å². The molecule has 1 radical (unpaired) electrons. The second kappa shape index (κ2) is 3.19. The number of nitrogens with zero attached hydrogens (tertiary/aromatic N) is 1. The van der Waals surface area contributed by atoms with Crippen molar-refractivity contribution in [2.45, 2.75) is 19.2 Å². The number of aromatic amines is 1. The topological polar surface area (TPSA) is 48.6 Å². The van der Waals surface area contributed by atoms with Crippen LogP contribution in [-0.4, -0.2) is 10.2 Å². The van der Waals surface area contributed by atoms with E-state index in [0.29, 0.717) is 0 Å². The molecule has 73 valence electrons. The summed E-state index contributed by atoms with van der Waals surface area (Å²) in [7, 11) is 0. The van der Waals surface area contributed by atoms with Crippen LogP contribution in [0.15, 0.2) is 0 Å². The molecule has 0 aliphatic rings. The molecule has 0 saturated carbocycles. The average Bonchev–Trinajstić information content (AvgIpc) is 2.28. The van der Waals surface area contributed by atoms with Gasteiger partial charge in [-0.05, 0) is 6.92 Å². The minimum atomic E-state index is -4.64. The first-order valence-corrected chi connectivity index (χ1v) is 3.68. The standard InChI is InChI=1S/C6H5ClF3N2O/c1-2(13)3-4(6(8,9)10)11-12-5(3)7/h2H,1H3,(H,11,12). The Labute approximate surface area is 76.5 Å². The Morgan fingerprint density at radius 2 is 2.08 bits per heavy atom. The third-order valence-electron chi connectivity index (χ3n) is 1.43. The largest absolute Gasteiger partial charge is 0.435 e. The molecule has 3 nitrogen and oxygen atoms in total. The number of rotatable bonds is 1. The fourth-order valence-corrected chi connectivity index (χ4v) is 1.20. The van der Waals surface area contributed by atoms with Gasteiger partial charge in [-0.1, -0.05) is 11.6 Å². The Morgan fingerprint density at radius 3 is 2.38 bits per heavy atom. The van der Waals surface area contributed by atoms with Gasteiger partial charge in [-0.3, -0.25) is 5.10 Å². The Bertz CT molecular complexity index is 307. The van der Waals surface area contributed by atoms with Crippen molar-refractivity contribution in [2.75, 3.05) is 0 Å². The van der Waals surface area contributed by atoms with E-state index < -0.39 is 23.5 Å². The zero-order chi connectivity index (χ0) is 10.2. The maximum absolute atomic E-state index is 12.1. The summed E-state index contributed by atoms with van der Waals surface area (Å²) >= 11 is 5.33. The molecule has 1 aromatic heterocycles. The van der Waals surface area contributed by atoms with Crippen molar-refractivity contribution >= 4 is 11.6 Å². The average molecular weight is 214 g/mol. The summed E-state index contributed by atoms with van der Waals surface area (Å²) in [6.07, 6.45) is -6.19. The number of alkyl halides is 3. The van der Waals surface area contributed by atoms with E-state index >= 15 is 0 Å². The van der Waals surface area contributed by atoms with Gasteiger partial charge in [0.05, 0.1) is 5.56 Å². The van der Waals surface area contributed by atoms with E-state index in [2.05, 4.69) is 5.10 Å². The number of hydrogen-bond donors (Lipinski definition) is 1. The van der Waals surface area contributed by atoms with Crippen LogP contribution in [0.2, 0.25) is 5.15 Å². The highest BCUT2D eigenvalue weighted by Gasteiger charge is 2.39. The van der Waals surface area contributed by atoms with Crippen LogP contribution in [0.5, 0.6) is 0 Å². The van der Waals surface area contributed by atoms with Gasteiger partial charge in [0, 0.05) is 0 Å². The summed E-state index contributed by atoms with van der Waals surface area (Å²) in [6.45, 7) is 1.08. The van der Waals surface area contributed by atoms with Gasteiger partial charge >= 0.3 is 6.18 Å². The molecular formula is C6H5ClF3N2O. The Balaban J connectivity index is 3.23. The van der Waals surface area contributed by atoms with Gasteiger partial charge in [0.1, 0.15) is 11.3 Å². The zero-order valence-electron chi connectivity index (χ0n) is 6.44. The van der Waals surface area contributed by atoms with E-state index in [-0.39, 0.29) is 5.15 Å². The molecular weight excluding hydrogens is 209 g/mol. The maximum atomic E-state index is 12.1. The zero-order valence-corrected chi connectivity index (χ0v) is 7.20. The number of H-pyrrole nitrogens is 1.